The van der Waals surface area contributed by atoms with Crippen LogP contribution in [-0.2, 0) is 10.2 Å². The number of nitrogens with one attached hydrogen (secondary N) is 1. The Morgan fingerprint density at radius 2 is 1.90 bits per heavy atom. The van der Waals surface area contributed by atoms with Gasteiger partial charge in [-0.1, -0.05) is 18.1 Å². The van der Waals surface area contributed by atoms with Crippen LogP contribution in [0.4, 0.5) is 10.5 Å². The van der Waals surface area contributed by atoms with Crippen molar-refractivity contribution in [3.8, 4) is 12.3 Å². The number of hydrogen-bond acceptors (Lipinski definition) is 2. The predicted octanol–water partition coefficient (Wildman–Crippen LogP) is 2.54. The number of terminal acetylenes is 1. The van der Waals surface area contributed by atoms with E-state index in [4.69, 9.17) is 6.42 Å². The lowest BCUT2D eigenvalue weighted by Crippen LogP contribution is -2.35. The fourth-order valence-corrected chi connectivity index (χ4v) is 1.73. The Hall–Kier alpha value is -2.48. The molecule has 0 radical (unpaired) electrons. The summed E-state index contributed by atoms with van der Waals surface area (Å²) in [5.41, 5.74) is 0.297. The fraction of sp³-hybridized carbons (Fsp3) is 0.375. The van der Waals surface area contributed by atoms with Crippen molar-refractivity contribution in [3.05, 3.63) is 29.8 Å². The third kappa shape index (κ3) is 3.99. The molecule has 0 heterocycles. The maximum Gasteiger partial charge on any atom is 0.322 e. The molecule has 21 heavy (non-hydrogen) atoms. The molecular formula is C16H20N2O3. The van der Waals surface area contributed by atoms with Crippen LogP contribution in [0.2, 0.25) is 0 Å². The number of rotatable bonds is 5. The smallest absolute Gasteiger partial charge is 0.322 e. The number of nitrogens with zero attached hydrogens (tertiary/aromatic N) is 1. The second kappa shape index (κ2) is 6.80. The van der Waals surface area contributed by atoms with Gasteiger partial charge in [0.15, 0.2) is 0 Å². The van der Waals surface area contributed by atoms with Gasteiger partial charge in [-0.15, -0.1) is 6.42 Å². The first kappa shape index (κ1) is 16.6. The molecule has 5 nitrogen and oxygen atoms in total. The Kier molecular flexibility index (Phi) is 5.37. The van der Waals surface area contributed by atoms with Gasteiger partial charge in [-0.25, -0.2) is 4.79 Å². The lowest BCUT2D eigenvalue weighted by molar-refractivity contribution is -0.142. The molecule has 1 aromatic rings. The van der Waals surface area contributed by atoms with Crippen molar-refractivity contribution in [2.24, 2.45) is 0 Å². The van der Waals surface area contributed by atoms with Gasteiger partial charge >= 0.3 is 12.0 Å². The maximum absolute atomic E-state index is 11.9. The second-order valence-electron chi connectivity index (χ2n) is 5.16. The van der Waals surface area contributed by atoms with Crippen LogP contribution >= 0.6 is 0 Å². The molecule has 1 rings (SSSR count). The summed E-state index contributed by atoms with van der Waals surface area (Å²) < 4.78 is 0. The van der Waals surface area contributed by atoms with E-state index in [1.165, 1.54) is 4.90 Å². The van der Waals surface area contributed by atoms with Crippen molar-refractivity contribution in [2.45, 2.75) is 26.2 Å². The molecule has 2 N–H and O–H groups in total. The highest BCUT2D eigenvalue weighted by Crippen LogP contribution is 2.24. The number of carboxylic acid groups (broad SMARTS) is 1. The second-order valence-corrected chi connectivity index (χ2v) is 5.16. The molecule has 1 aromatic carbocycles. The van der Waals surface area contributed by atoms with Crippen LogP contribution in [0.5, 0.6) is 0 Å². The summed E-state index contributed by atoms with van der Waals surface area (Å²) in [4.78, 5) is 24.6. The molecule has 0 aliphatic rings. The zero-order valence-electron chi connectivity index (χ0n) is 12.5. The summed E-state index contributed by atoms with van der Waals surface area (Å²) in [5, 5.41) is 11.9. The first-order valence-electron chi connectivity index (χ1n) is 6.66. The monoisotopic (exact) mass is 288 g/mol. The average Bonchev–Trinajstić information content (AvgIpc) is 2.45. The number of hydrogen-bond donors (Lipinski definition) is 2. The summed E-state index contributed by atoms with van der Waals surface area (Å²) in [6, 6.07) is 6.48. The highest BCUT2D eigenvalue weighted by atomic mass is 16.4. The van der Waals surface area contributed by atoms with Gasteiger partial charge in [0.05, 0.1) is 12.0 Å². The van der Waals surface area contributed by atoms with Crippen molar-refractivity contribution < 1.29 is 14.7 Å². The van der Waals surface area contributed by atoms with Gasteiger partial charge in [-0.3, -0.25) is 4.79 Å². The topological polar surface area (TPSA) is 69.6 Å². The molecule has 0 aliphatic carbocycles. The molecule has 0 saturated heterocycles. The highest BCUT2D eigenvalue weighted by molar-refractivity contribution is 5.89. The number of carbonyl (C=O) groups excluding carboxylic acids is 1. The van der Waals surface area contributed by atoms with Crippen LogP contribution < -0.4 is 5.32 Å². The number of anilines is 1. The Morgan fingerprint density at radius 3 is 2.33 bits per heavy atom. The van der Waals surface area contributed by atoms with Crippen molar-refractivity contribution in [1.29, 1.82) is 0 Å². The third-order valence-corrected chi connectivity index (χ3v) is 3.34. The van der Waals surface area contributed by atoms with E-state index in [2.05, 4.69) is 11.2 Å². The van der Waals surface area contributed by atoms with E-state index in [9.17, 15) is 14.7 Å². The van der Waals surface area contributed by atoms with Gasteiger partial charge in [-0.05, 0) is 38.5 Å². The van der Waals surface area contributed by atoms with Crippen molar-refractivity contribution in [2.75, 3.05) is 18.4 Å². The van der Waals surface area contributed by atoms with Gasteiger partial charge in [-0.2, -0.15) is 0 Å². The number of carbonyl (C=O) groups is 2. The minimum absolute atomic E-state index is 0.243. The molecule has 0 spiro atoms. The van der Waals surface area contributed by atoms with Crippen molar-refractivity contribution in [3.63, 3.8) is 0 Å². The maximum atomic E-state index is 11.9. The number of aliphatic carboxylic acids is 1. The van der Waals surface area contributed by atoms with Crippen molar-refractivity contribution >= 4 is 17.7 Å². The van der Waals surface area contributed by atoms with E-state index in [0.717, 1.165) is 0 Å². The minimum Gasteiger partial charge on any atom is -0.481 e. The Bertz CT molecular complexity index is 556. The molecule has 112 valence electrons. The summed E-state index contributed by atoms with van der Waals surface area (Å²) in [6.45, 7) is 5.87. The van der Waals surface area contributed by atoms with Gasteiger partial charge in [0.25, 0.3) is 0 Å². The van der Waals surface area contributed by atoms with Crippen LogP contribution in [0, 0.1) is 12.3 Å². The van der Waals surface area contributed by atoms with Gasteiger partial charge < -0.3 is 15.3 Å². The average molecular weight is 288 g/mol. The number of carboxylic acids is 1. The summed E-state index contributed by atoms with van der Waals surface area (Å²) in [7, 11) is 0. The SMILES string of the molecule is C#CCN(CC)C(=O)Nc1ccc(C(C)(C)C(=O)O)cc1. The minimum atomic E-state index is -0.971. The largest absolute Gasteiger partial charge is 0.481 e. The number of amides is 2. The van der Waals surface area contributed by atoms with Gasteiger partial charge in [0.1, 0.15) is 0 Å². The van der Waals surface area contributed by atoms with Crippen LogP contribution in [-0.4, -0.2) is 35.1 Å². The lowest BCUT2D eigenvalue weighted by atomic mass is 9.85. The van der Waals surface area contributed by atoms with Crippen LogP contribution in [0.1, 0.15) is 26.3 Å². The van der Waals surface area contributed by atoms with E-state index in [-0.39, 0.29) is 12.6 Å². The Balaban J connectivity index is 2.82. The Labute approximate surface area is 125 Å². The third-order valence-electron chi connectivity index (χ3n) is 3.34. The summed E-state index contributed by atoms with van der Waals surface area (Å²) in [5.74, 6) is 1.53. The quantitative estimate of drug-likeness (QED) is 0.818. The molecule has 0 fully saturated rings. The molecule has 0 atom stereocenters. The normalized spacial score (nSPS) is 10.6. The molecule has 0 bridgehead atoms. The molecule has 0 saturated carbocycles. The van der Waals surface area contributed by atoms with Crippen molar-refractivity contribution in [1.82, 2.24) is 4.90 Å². The number of urea groups is 1. The summed E-state index contributed by atoms with van der Waals surface area (Å²) >= 11 is 0. The van der Waals surface area contributed by atoms with Crippen LogP contribution in [0.15, 0.2) is 24.3 Å². The fourth-order valence-electron chi connectivity index (χ4n) is 1.73. The molecule has 0 aliphatic heterocycles. The standard InChI is InChI=1S/C16H20N2O3/c1-5-11-18(6-2)15(21)17-13-9-7-12(8-10-13)16(3,4)14(19)20/h1,7-10H,6,11H2,2-4H3,(H,17,21)(H,19,20). The van der Waals surface area contributed by atoms with Crippen LogP contribution in [0.3, 0.4) is 0 Å². The molecule has 2 amide bonds. The first-order valence-corrected chi connectivity index (χ1v) is 6.66. The Morgan fingerprint density at radius 1 is 1.33 bits per heavy atom. The van der Waals surface area contributed by atoms with Gasteiger partial charge in [0.2, 0.25) is 0 Å². The van der Waals surface area contributed by atoms with E-state index >= 15 is 0 Å². The first-order chi connectivity index (χ1) is 9.82. The summed E-state index contributed by atoms with van der Waals surface area (Å²) in [6.07, 6.45) is 5.20. The zero-order valence-corrected chi connectivity index (χ0v) is 12.5. The van der Waals surface area contributed by atoms with E-state index in [1.54, 1.807) is 38.1 Å². The van der Waals surface area contributed by atoms with Gasteiger partial charge in [0, 0.05) is 12.2 Å². The lowest BCUT2D eigenvalue weighted by Gasteiger charge is -2.21. The molecular weight excluding hydrogens is 268 g/mol. The zero-order chi connectivity index (χ0) is 16.0. The highest BCUT2D eigenvalue weighted by Gasteiger charge is 2.29. The predicted molar refractivity (Wildman–Crippen MR) is 82.2 cm³/mol. The van der Waals surface area contributed by atoms with Crippen LogP contribution in [0.25, 0.3) is 0 Å². The molecule has 0 aromatic heterocycles. The number of benzene rings is 1. The molecule has 0 unspecified atom stereocenters. The van der Waals surface area contributed by atoms with E-state index in [1.807, 2.05) is 6.92 Å². The van der Waals surface area contributed by atoms with E-state index in [0.29, 0.717) is 17.8 Å². The van der Waals surface area contributed by atoms with E-state index < -0.39 is 11.4 Å². The molecule has 5 heteroatoms.